The molecule has 3 N–H and O–H groups in total. The number of rotatable bonds is 4. The van der Waals surface area contributed by atoms with Gasteiger partial charge in [-0.25, -0.2) is 0 Å². The maximum atomic E-state index is 11.4. The fraction of sp³-hybridized carbons (Fsp3) is 0.308. The highest BCUT2D eigenvalue weighted by Crippen LogP contribution is 2.18. The van der Waals surface area contributed by atoms with Gasteiger partial charge in [-0.1, -0.05) is 18.2 Å². The predicted octanol–water partition coefficient (Wildman–Crippen LogP) is 1.60. The molecule has 1 aromatic heterocycles. The lowest BCUT2D eigenvalue weighted by atomic mass is 10.1. The van der Waals surface area contributed by atoms with Crippen molar-refractivity contribution in [2.24, 2.45) is 5.73 Å². The number of carbonyl (C=O) groups excluding carboxylic acids is 1. The molecule has 0 saturated carbocycles. The molecule has 0 aliphatic carbocycles. The fourth-order valence-electron chi connectivity index (χ4n) is 1.87. The van der Waals surface area contributed by atoms with Crippen molar-refractivity contribution in [2.75, 3.05) is 6.61 Å². The molecule has 90 valence electrons. The summed E-state index contributed by atoms with van der Waals surface area (Å²) in [6.45, 7) is 2.14. The van der Waals surface area contributed by atoms with E-state index in [1.807, 2.05) is 30.5 Å². The molecular formula is C13H16N2O2. The zero-order valence-corrected chi connectivity index (χ0v) is 9.77. The average Bonchev–Trinajstić information content (AvgIpc) is 2.73. The van der Waals surface area contributed by atoms with Crippen LogP contribution in [0.4, 0.5) is 0 Å². The molecule has 0 aliphatic rings. The van der Waals surface area contributed by atoms with E-state index in [0.717, 1.165) is 16.5 Å². The van der Waals surface area contributed by atoms with Crippen LogP contribution >= 0.6 is 0 Å². The Labute approximate surface area is 99.8 Å². The van der Waals surface area contributed by atoms with E-state index in [1.165, 1.54) is 0 Å². The number of nitrogens with two attached hydrogens (primary N) is 1. The molecule has 0 unspecified atom stereocenters. The van der Waals surface area contributed by atoms with Gasteiger partial charge in [0, 0.05) is 23.5 Å². The number of hydrogen-bond acceptors (Lipinski definition) is 3. The zero-order chi connectivity index (χ0) is 12.3. The molecule has 0 saturated heterocycles. The summed E-state index contributed by atoms with van der Waals surface area (Å²) < 4.78 is 4.89. The minimum absolute atomic E-state index is 0.349. The summed E-state index contributed by atoms with van der Waals surface area (Å²) in [7, 11) is 0. The molecule has 0 aliphatic heterocycles. The largest absolute Gasteiger partial charge is 0.465 e. The van der Waals surface area contributed by atoms with Crippen molar-refractivity contribution in [3.8, 4) is 0 Å². The summed E-state index contributed by atoms with van der Waals surface area (Å²) in [4.78, 5) is 14.6. The lowest BCUT2D eigenvalue weighted by molar-refractivity contribution is -0.144. The Hall–Kier alpha value is -1.81. The van der Waals surface area contributed by atoms with Gasteiger partial charge in [-0.05, 0) is 18.6 Å². The van der Waals surface area contributed by atoms with Crippen molar-refractivity contribution in [1.82, 2.24) is 4.98 Å². The minimum Gasteiger partial charge on any atom is -0.465 e. The van der Waals surface area contributed by atoms with E-state index < -0.39 is 6.04 Å². The Kier molecular flexibility index (Phi) is 3.44. The Bertz CT molecular complexity index is 519. The van der Waals surface area contributed by atoms with E-state index in [4.69, 9.17) is 10.5 Å². The third-order valence-electron chi connectivity index (χ3n) is 2.70. The first-order valence-corrected chi connectivity index (χ1v) is 5.69. The molecule has 0 spiro atoms. The molecule has 4 nitrogen and oxygen atoms in total. The van der Waals surface area contributed by atoms with Crippen molar-refractivity contribution in [1.29, 1.82) is 0 Å². The molecule has 0 amide bonds. The van der Waals surface area contributed by atoms with Gasteiger partial charge >= 0.3 is 5.97 Å². The number of aromatic amines is 1. The summed E-state index contributed by atoms with van der Waals surface area (Å²) in [5.41, 5.74) is 7.89. The van der Waals surface area contributed by atoms with E-state index >= 15 is 0 Å². The van der Waals surface area contributed by atoms with Gasteiger partial charge in [-0.3, -0.25) is 4.79 Å². The summed E-state index contributed by atoms with van der Waals surface area (Å²) in [5.74, 6) is -0.349. The lowest BCUT2D eigenvalue weighted by Gasteiger charge is -2.09. The van der Waals surface area contributed by atoms with Crippen LogP contribution in [-0.4, -0.2) is 23.6 Å². The Morgan fingerprint density at radius 1 is 1.47 bits per heavy atom. The molecule has 1 heterocycles. The van der Waals surface area contributed by atoms with E-state index in [-0.39, 0.29) is 5.97 Å². The maximum absolute atomic E-state index is 11.4. The summed E-state index contributed by atoms with van der Waals surface area (Å²) >= 11 is 0. The number of para-hydroxylation sites is 1. The number of esters is 1. The van der Waals surface area contributed by atoms with E-state index in [1.54, 1.807) is 6.92 Å². The highest BCUT2D eigenvalue weighted by Gasteiger charge is 2.16. The van der Waals surface area contributed by atoms with Crippen molar-refractivity contribution < 1.29 is 9.53 Å². The molecule has 1 aromatic carbocycles. The second-order valence-corrected chi connectivity index (χ2v) is 3.92. The van der Waals surface area contributed by atoms with Crippen molar-refractivity contribution >= 4 is 16.9 Å². The zero-order valence-electron chi connectivity index (χ0n) is 9.77. The second kappa shape index (κ2) is 5.01. The van der Waals surface area contributed by atoms with Gasteiger partial charge in [0.15, 0.2) is 0 Å². The lowest BCUT2D eigenvalue weighted by Crippen LogP contribution is -2.34. The van der Waals surface area contributed by atoms with Crippen LogP contribution < -0.4 is 5.73 Å². The first-order chi connectivity index (χ1) is 8.22. The fourth-order valence-corrected chi connectivity index (χ4v) is 1.87. The van der Waals surface area contributed by atoms with Gasteiger partial charge in [-0.15, -0.1) is 0 Å². The molecule has 0 fully saturated rings. The van der Waals surface area contributed by atoms with Crippen LogP contribution in [0, 0.1) is 0 Å². The SMILES string of the molecule is CCOC(=O)[C@H](N)Cc1c[nH]c2ccccc12. The molecule has 0 radical (unpaired) electrons. The standard InChI is InChI=1S/C13H16N2O2/c1-2-17-13(16)11(14)7-9-8-15-12-6-4-3-5-10(9)12/h3-6,8,11,15H,2,7,14H2,1H3/t11-/m1/s1. The van der Waals surface area contributed by atoms with Gasteiger partial charge < -0.3 is 15.5 Å². The number of aromatic nitrogens is 1. The van der Waals surface area contributed by atoms with Crippen molar-refractivity contribution in [2.45, 2.75) is 19.4 Å². The number of nitrogens with one attached hydrogen (secondary N) is 1. The van der Waals surface area contributed by atoms with Crippen molar-refractivity contribution in [3.05, 3.63) is 36.0 Å². The molecule has 1 atom stereocenters. The third kappa shape index (κ3) is 2.47. The third-order valence-corrected chi connectivity index (χ3v) is 2.70. The van der Waals surface area contributed by atoms with Crippen LogP contribution in [-0.2, 0) is 16.0 Å². The second-order valence-electron chi connectivity index (χ2n) is 3.92. The number of H-pyrrole nitrogens is 1. The van der Waals surface area contributed by atoms with Gasteiger partial charge in [0.2, 0.25) is 0 Å². The summed E-state index contributed by atoms with van der Waals surface area (Å²) in [6, 6.07) is 7.34. The van der Waals surface area contributed by atoms with E-state index in [0.29, 0.717) is 13.0 Å². The van der Waals surface area contributed by atoms with Crippen LogP contribution in [0.5, 0.6) is 0 Å². The molecule has 0 bridgehead atoms. The number of ether oxygens (including phenoxy) is 1. The monoisotopic (exact) mass is 232 g/mol. The summed E-state index contributed by atoms with van der Waals surface area (Å²) in [6.07, 6.45) is 2.38. The number of benzene rings is 1. The smallest absolute Gasteiger partial charge is 0.323 e. The Balaban J connectivity index is 2.16. The average molecular weight is 232 g/mol. The van der Waals surface area contributed by atoms with Crippen LogP contribution in [0.25, 0.3) is 10.9 Å². The highest BCUT2D eigenvalue weighted by molar-refractivity contribution is 5.84. The first kappa shape index (κ1) is 11.7. The van der Waals surface area contributed by atoms with E-state index in [2.05, 4.69) is 4.98 Å². The number of fused-ring (bicyclic) bond motifs is 1. The van der Waals surface area contributed by atoms with Crippen LogP contribution in [0.2, 0.25) is 0 Å². The molecule has 4 heteroatoms. The Morgan fingerprint density at radius 3 is 3.00 bits per heavy atom. The maximum Gasteiger partial charge on any atom is 0.323 e. The molecule has 2 aromatic rings. The van der Waals surface area contributed by atoms with Gasteiger partial charge in [0.25, 0.3) is 0 Å². The molecular weight excluding hydrogens is 216 g/mol. The normalized spacial score (nSPS) is 12.6. The van der Waals surface area contributed by atoms with E-state index in [9.17, 15) is 4.79 Å². The van der Waals surface area contributed by atoms with Gasteiger partial charge in [0.05, 0.1) is 6.61 Å². The van der Waals surface area contributed by atoms with Crippen LogP contribution in [0.1, 0.15) is 12.5 Å². The Morgan fingerprint density at radius 2 is 2.24 bits per heavy atom. The number of hydrogen-bond donors (Lipinski definition) is 2. The van der Waals surface area contributed by atoms with Crippen LogP contribution in [0.15, 0.2) is 30.5 Å². The molecule has 2 rings (SSSR count). The summed E-state index contributed by atoms with van der Waals surface area (Å²) in [5, 5.41) is 1.10. The highest BCUT2D eigenvalue weighted by atomic mass is 16.5. The number of carbonyl (C=O) groups is 1. The van der Waals surface area contributed by atoms with Crippen molar-refractivity contribution in [3.63, 3.8) is 0 Å². The molecule has 17 heavy (non-hydrogen) atoms. The topological polar surface area (TPSA) is 68.1 Å². The predicted molar refractivity (Wildman–Crippen MR) is 66.6 cm³/mol. The van der Waals surface area contributed by atoms with Gasteiger partial charge in [-0.2, -0.15) is 0 Å². The minimum atomic E-state index is -0.603. The van der Waals surface area contributed by atoms with Gasteiger partial charge in [0.1, 0.15) is 6.04 Å². The quantitative estimate of drug-likeness (QED) is 0.787. The van der Waals surface area contributed by atoms with Crippen LogP contribution in [0.3, 0.4) is 0 Å². The first-order valence-electron chi connectivity index (χ1n) is 5.69.